The molecule has 0 radical (unpaired) electrons. The summed E-state index contributed by atoms with van der Waals surface area (Å²) in [6.07, 6.45) is 3.50. The Labute approximate surface area is 144 Å². The van der Waals surface area contributed by atoms with Gasteiger partial charge in [-0.2, -0.15) is 0 Å². The number of rotatable bonds is 3. The highest BCUT2D eigenvalue weighted by molar-refractivity contribution is 7.80. The lowest BCUT2D eigenvalue weighted by atomic mass is 10.0. The van der Waals surface area contributed by atoms with E-state index in [-0.39, 0.29) is 17.1 Å². The van der Waals surface area contributed by atoms with Crippen molar-refractivity contribution in [3.05, 3.63) is 42.5 Å². The van der Waals surface area contributed by atoms with Crippen LogP contribution in [0.1, 0.15) is 12.8 Å². The van der Waals surface area contributed by atoms with Crippen LogP contribution in [0.4, 0.5) is 5.69 Å². The molecule has 120 valence electrons. The fourth-order valence-corrected chi connectivity index (χ4v) is 3.07. The van der Waals surface area contributed by atoms with Gasteiger partial charge in [0.15, 0.2) is 11.0 Å². The van der Waals surface area contributed by atoms with Gasteiger partial charge in [-0.05, 0) is 36.5 Å². The van der Waals surface area contributed by atoms with Crippen molar-refractivity contribution in [1.82, 2.24) is 5.32 Å². The van der Waals surface area contributed by atoms with E-state index in [1.807, 2.05) is 42.5 Å². The highest BCUT2D eigenvalue weighted by Gasteiger charge is 2.39. The lowest BCUT2D eigenvalue weighted by Gasteiger charge is -2.31. The molecule has 1 aliphatic heterocycles. The van der Waals surface area contributed by atoms with Gasteiger partial charge in [0.1, 0.15) is 0 Å². The minimum absolute atomic E-state index is 0.109. The molecule has 2 aromatic carbocycles. The Balaban J connectivity index is 1.76. The summed E-state index contributed by atoms with van der Waals surface area (Å²) in [5, 5.41) is 4.64. The minimum atomic E-state index is -0.934. The van der Waals surface area contributed by atoms with Gasteiger partial charge in [0, 0.05) is 17.6 Å². The number of hydrogen-bond donors (Lipinski definition) is 1. The van der Waals surface area contributed by atoms with Crippen LogP contribution >= 0.6 is 12.2 Å². The van der Waals surface area contributed by atoms with Gasteiger partial charge in [0.2, 0.25) is 5.91 Å². The highest BCUT2D eigenvalue weighted by Crippen LogP contribution is 2.29. The Morgan fingerprint density at radius 2 is 1.88 bits per heavy atom. The average molecular weight is 337 g/mol. The van der Waals surface area contributed by atoms with E-state index in [2.05, 4.69) is 10.3 Å². The van der Waals surface area contributed by atoms with Gasteiger partial charge >= 0.3 is 0 Å². The Kier molecular flexibility index (Phi) is 3.61. The SMILES string of the molecule is O=C1NC(=S)N(c2cccc3ccccc23)C(=O)[C@H]1C=NC1CC1. The van der Waals surface area contributed by atoms with E-state index in [1.165, 1.54) is 11.1 Å². The van der Waals surface area contributed by atoms with Crippen LogP contribution in [-0.4, -0.2) is 29.2 Å². The molecule has 0 spiro atoms. The maximum absolute atomic E-state index is 12.9. The lowest BCUT2D eigenvalue weighted by molar-refractivity contribution is -0.130. The third-order valence-electron chi connectivity index (χ3n) is 4.20. The van der Waals surface area contributed by atoms with Crippen LogP contribution in [0.3, 0.4) is 0 Å². The molecule has 2 aromatic rings. The van der Waals surface area contributed by atoms with Gasteiger partial charge < -0.3 is 5.32 Å². The number of hydrogen-bond acceptors (Lipinski definition) is 4. The third kappa shape index (κ3) is 2.59. The molecule has 0 aromatic heterocycles. The lowest BCUT2D eigenvalue weighted by Crippen LogP contribution is -2.58. The third-order valence-corrected chi connectivity index (χ3v) is 4.49. The minimum Gasteiger partial charge on any atom is -0.301 e. The van der Waals surface area contributed by atoms with E-state index in [1.54, 1.807) is 0 Å². The second-order valence-electron chi connectivity index (χ2n) is 5.97. The Morgan fingerprint density at radius 1 is 1.12 bits per heavy atom. The number of carbonyl (C=O) groups excluding carboxylic acids is 2. The number of nitrogens with one attached hydrogen (secondary N) is 1. The monoisotopic (exact) mass is 337 g/mol. The second kappa shape index (κ2) is 5.79. The van der Waals surface area contributed by atoms with Gasteiger partial charge in [-0.3, -0.25) is 19.5 Å². The van der Waals surface area contributed by atoms with Crippen LogP contribution < -0.4 is 10.2 Å². The molecule has 1 saturated heterocycles. The summed E-state index contributed by atoms with van der Waals surface area (Å²) in [6.45, 7) is 0. The zero-order valence-corrected chi connectivity index (χ0v) is 13.6. The molecule has 24 heavy (non-hydrogen) atoms. The summed E-state index contributed by atoms with van der Waals surface area (Å²) in [5.41, 5.74) is 0.674. The molecule has 2 aliphatic rings. The number of carbonyl (C=O) groups is 2. The number of aliphatic imine (C=N–C) groups is 1. The number of nitrogens with zero attached hydrogens (tertiary/aromatic N) is 2. The first-order valence-corrected chi connectivity index (χ1v) is 8.26. The summed E-state index contributed by atoms with van der Waals surface area (Å²) in [7, 11) is 0. The van der Waals surface area contributed by atoms with E-state index in [0.29, 0.717) is 5.69 Å². The zero-order valence-electron chi connectivity index (χ0n) is 12.8. The summed E-state index contributed by atoms with van der Waals surface area (Å²) >= 11 is 5.26. The van der Waals surface area contributed by atoms with Gasteiger partial charge in [-0.25, -0.2) is 0 Å². The zero-order chi connectivity index (χ0) is 16.7. The summed E-state index contributed by atoms with van der Waals surface area (Å²) in [5.74, 6) is -1.70. The van der Waals surface area contributed by atoms with Crippen LogP contribution in [0.25, 0.3) is 10.8 Å². The van der Waals surface area contributed by atoms with Gasteiger partial charge in [0.25, 0.3) is 5.91 Å². The number of benzene rings is 2. The standard InChI is InChI=1S/C18H15N3O2S/c22-16-14(10-19-12-8-9-12)17(23)21(18(24)20-16)15-7-3-5-11-4-1-2-6-13(11)15/h1-7,10,12,14H,8-9H2,(H,20,22,24)/t14-/m0/s1. The van der Waals surface area contributed by atoms with Crippen molar-refractivity contribution >= 4 is 51.8 Å². The topological polar surface area (TPSA) is 61.8 Å². The summed E-state index contributed by atoms with van der Waals surface area (Å²) < 4.78 is 0. The molecule has 1 N–H and O–H groups in total. The molecular formula is C18H15N3O2S. The molecule has 0 bridgehead atoms. The largest absolute Gasteiger partial charge is 0.301 e. The number of amides is 2. The quantitative estimate of drug-likeness (QED) is 0.532. The van der Waals surface area contributed by atoms with Crippen LogP contribution in [0.2, 0.25) is 0 Å². The maximum atomic E-state index is 12.9. The fourth-order valence-electron chi connectivity index (χ4n) is 2.78. The second-order valence-corrected chi connectivity index (χ2v) is 6.36. The number of fused-ring (bicyclic) bond motifs is 1. The fraction of sp³-hybridized carbons (Fsp3) is 0.222. The number of anilines is 1. The van der Waals surface area contributed by atoms with Crippen LogP contribution in [0.5, 0.6) is 0 Å². The molecule has 6 heteroatoms. The first-order chi connectivity index (χ1) is 11.6. The Morgan fingerprint density at radius 3 is 2.67 bits per heavy atom. The van der Waals surface area contributed by atoms with Crippen LogP contribution in [0, 0.1) is 5.92 Å². The molecule has 1 saturated carbocycles. The summed E-state index contributed by atoms with van der Waals surface area (Å²) in [6, 6.07) is 13.7. The van der Waals surface area contributed by atoms with Crippen molar-refractivity contribution in [3.8, 4) is 0 Å². The van der Waals surface area contributed by atoms with Gasteiger partial charge in [-0.1, -0.05) is 36.4 Å². The molecule has 2 fully saturated rings. The molecule has 5 nitrogen and oxygen atoms in total. The normalized spacial score (nSPS) is 21.6. The Bertz CT molecular complexity index is 883. The van der Waals surface area contributed by atoms with Crippen molar-refractivity contribution in [2.75, 3.05) is 4.90 Å². The van der Waals surface area contributed by atoms with E-state index >= 15 is 0 Å². The van der Waals surface area contributed by atoms with E-state index in [9.17, 15) is 9.59 Å². The molecule has 1 atom stereocenters. The van der Waals surface area contributed by atoms with Gasteiger partial charge in [-0.15, -0.1) is 0 Å². The average Bonchev–Trinajstić information content (AvgIpc) is 3.39. The molecular weight excluding hydrogens is 322 g/mol. The molecule has 4 rings (SSSR count). The summed E-state index contributed by atoms with van der Waals surface area (Å²) in [4.78, 5) is 30.8. The predicted octanol–water partition coefficient (Wildman–Crippen LogP) is 2.44. The molecule has 0 unspecified atom stereocenters. The van der Waals surface area contributed by atoms with Crippen LogP contribution in [-0.2, 0) is 9.59 Å². The first-order valence-electron chi connectivity index (χ1n) is 7.85. The smallest absolute Gasteiger partial charge is 0.251 e. The number of thiocarbonyl (C=S) groups is 1. The van der Waals surface area contributed by atoms with E-state index in [0.717, 1.165) is 23.6 Å². The predicted molar refractivity (Wildman–Crippen MR) is 97.2 cm³/mol. The van der Waals surface area contributed by atoms with E-state index < -0.39 is 11.8 Å². The van der Waals surface area contributed by atoms with E-state index in [4.69, 9.17) is 12.2 Å². The van der Waals surface area contributed by atoms with Gasteiger partial charge in [0.05, 0.1) is 5.69 Å². The maximum Gasteiger partial charge on any atom is 0.251 e. The highest BCUT2D eigenvalue weighted by atomic mass is 32.1. The first kappa shape index (κ1) is 15.0. The molecule has 2 amide bonds. The van der Waals surface area contributed by atoms with Crippen molar-refractivity contribution in [2.24, 2.45) is 10.9 Å². The van der Waals surface area contributed by atoms with Crippen molar-refractivity contribution in [3.63, 3.8) is 0 Å². The molecule has 1 heterocycles. The van der Waals surface area contributed by atoms with Crippen molar-refractivity contribution < 1.29 is 9.59 Å². The molecule has 1 aliphatic carbocycles. The Hall–Kier alpha value is -2.60. The van der Waals surface area contributed by atoms with Crippen LogP contribution in [0.15, 0.2) is 47.5 Å². The van der Waals surface area contributed by atoms with Crippen molar-refractivity contribution in [1.29, 1.82) is 0 Å². The van der Waals surface area contributed by atoms with Crippen molar-refractivity contribution in [2.45, 2.75) is 18.9 Å².